The van der Waals surface area contributed by atoms with Gasteiger partial charge in [-0.15, -0.1) is 0 Å². The first-order valence-corrected chi connectivity index (χ1v) is 13.8. The lowest BCUT2D eigenvalue weighted by Gasteiger charge is -2.43. The number of carbonyl (C=O) groups is 2. The summed E-state index contributed by atoms with van der Waals surface area (Å²) >= 11 is 5.73. The van der Waals surface area contributed by atoms with Gasteiger partial charge in [0.1, 0.15) is 11.3 Å². The molecule has 40 heavy (non-hydrogen) atoms. The number of hydrogen-bond acceptors (Lipinski definition) is 5. The lowest BCUT2D eigenvalue weighted by Crippen LogP contribution is -2.56. The van der Waals surface area contributed by atoms with E-state index in [-0.39, 0.29) is 16.2 Å². The van der Waals surface area contributed by atoms with Crippen LogP contribution in [0.1, 0.15) is 45.2 Å². The third-order valence-corrected chi connectivity index (χ3v) is 7.72. The van der Waals surface area contributed by atoms with Crippen LogP contribution < -0.4 is 19.4 Å². The predicted octanol–water partition coefficient (Wildman–Crippen LogP) is 6.86. The predicted molar refractivity (Wildman–Crippen MR) is 167 cm³/mol. The van der Waals surface area contributed by atoms with E-state index >= 15 is 0 Å². The van der Waals surface area contributed by atoms with Crippen LogP contribution in [0.4, 0.5) is 17.1 Å². The third-order valence-electron chi connectivity index (χ3n) is 7.35. The molecule has 6 nitrogen and oxygen atoms in total. The first kappa shape index (κ1) is 27.3. The summed E-state index contributed by atoms with van der Waals surface area (Å²) in [6.45, 7) is 9.56. The van der Waals surface area contributed by atoms with E-state index < -0.39 is 11.8 Å². The summed E-state index contributed by atoms with van der Waals surface area (Å²) in [5.74, 6) is -0.368. The highest BCUT2D eigenvalue weighted by atomic mass is 32.1. The van der Waals surface area contributed by atoms with Crippen LogP contribution in [-0.4, -0.2) is 36.1 Å². The maximum atomic E-state index is 14.0. The summed E-state index contributed by atoms with van der Waals surface area (Å²) in [4.78, 5) is 33.1. The zero-order chi connectivity index (χ0) is 28.6. The Labute approximate surface area is 241 Å². The number of allylic oxidation sites excluding steroid dienone is 1. The van der Waals surface area contributed by atoms with Gasteiger partial charge >= 0.3 is 0 Å². The van der Waals surface area contributed by atoms with Gasteiger partial charge in [0.2, 0.25) is 0 Å². The Morgan fingerprint density at radius 3 is 1.95 bits per heavy atom. The minimum absolute atomic E-state index is 0.00254. The van der Waals surface area contributed by atoms with E-state index in [4.69, 9.17) is 17.0 Å². The fraction of sp³-hybridized carbons (Fsp3) is 0.242. The Hall–Kier alpha value is -4.23. The van der Waals surface area contributed by atoms with Crippen molar-refractivity contribution in [3.63, 3.8) is 0 Å². The van der Waals surface area contributed by atoms with Crippen LogP contribution in [0.5, 0.6) is 5.75 Å². The summed E-state index contributed by atoms with van der Waals surface area (Å²) in [5, 5.41) is 0.109. The van der Waals surface area contributed by atoms with Crippen molar-refractivity contribution >= 4 is 57.9 Å². The molecule has 5 rings (SSSR count). The largest absolute Gasteiger partial charge is 0.496 e. The number of carbonyl (C=O) groups excluding carboxylic acids is 2. The Morgan fingerprint density at radius 2 is 1.45 bits per heavy atom. The van der Waals surface area contributed by atoms with Gasteiger partial charge in [0.25, 0.3) is 11.8 Å². The fourth-order valence-corrected chi connectivity index (χ4v) is 5.91. The molecule has 0 N–H and O–H groups in total. The summed E-state index contributed by atoms with van der Waals surface area (Å²) in [7, 11) is 1.61. The number of fused-ring (bicyclic) bond motifs is 1. The van der Waals surface area contributed by atoms with Crippen molar-refractivity contribution in [3.8, 4) is 5.75 Å². The maximum Gasteiger partial charge on any atom is 0.270 e. The number of anilines is 3. The number of amides is 2. The van der Waals surface area contributed by atoms with Crippen molar-refractivity contribution < 1.29 is 14.3 Å². The van der Waals surface area contributed by atoms with Crippen LogP contribution >= 0.6 is 12.2 Å². The monoisotopic (exact) mass is 551 g/mol. The van der Waals surface area contributed by atoms with Gasteiger partial charge in [-0.25, -0.2) is 0 Å². The first-order valence-electron chi connectivity index (χ1n) is 13.4. The van der Waals surface area contributed by atoms with Crippen LogP contribution in [0.3, 0.4) is 0 Å². The number of nitrogens with zero attached hydrogens (tertiary/aromatic N) is 3. The summed E-state index contributed by atoms with van der Waals surface area (Å²) in [6.07, 6.45) is 4.89. The first-order chi connectivity index (χ1) is 19.2. The standard InChI is InChI=1S/C33H33N3O3S/c1-6-17-34-28-20-29(39-5)23(18-26(28)22(2)21-33(34,3)4)19-27-30(37)35(24-13-9-7-10-14-24)32(40)36(31(27)38)25-15-11-8-12-16-25/h7-16,18-21H,6,17H2,1-5H3. The van der Waals surface area contributed by atoms with E-state index in [1.54, 1.807) is 37.5 Å². The van der Waals surface area contributed by atoms with E-state index in [9.17, 15) is 9.59 Å². The summed E-state index contributed by atoms with van der Waals surface area (Å²) in [5.41, 5.74) is 4.93. The van der Waals surface area contributed by atoms with Gasteiger partial charge in [-0.3, -0.25) is 19.4 Å². The van der Waals surface area contributed by atoms with Gasteiger partial charge in [-0.1, -0.05) is 49.4 Å². The molecule has 3 aromatic rings. The Kier molecular flexibility index (Phi) is 7.34. The molecule has 3 aromatic carbocycles. The number of thiocarbonyl (C=S) groups is 1. The molecule has 1 fully saturated rings. The lowest BCUT2D eigenvalue weighted by molar-refractivity contribution is -0.120. The topological polar surface area (TPSA) is 53.1 Å². The molecule has 1 saturated heterocycles. The van der Waals surface area contributed by atoms with Crippen molar-refractivity contribution in [2.75, 3.05) is 28.4 Å². The minimum Gasteiger partial charge on any atom is -0.496 e. The van der Waals surface area contributed by atoms with Crippen molar-refractivity contribution in [2.45, 2.75) is 39.7 Å². The number of rotatable bonds is 6. The normalized spacial score (nSPS) is 16.6. The molecule has 2 heterocycles. The van der Waals surface area contributed by atoms with Gasteiger partial charge in [0.05, 0.1) is 24.0 Å². The van der Waals surface area contributed by atoms with Crippen molar-refractivity contribution in [1.29, 1.82) is 0 Å². The molecular formula is C33H33N3O3S. The number of ether oxygens (including phenoxy) is 1. The molecule has 204 valence electrons. The van der Waals surface area contributed by atoms with E-state index in [0.717, 1.165) is 29.8 Å². The van der Waals surface area contributed by atoms with Crippen LogP contribution in [0.25, 0.3) is 11.6 Å². The molecule has 7 heteroatoms. The smallest absolute Gasteiger partial charge is 0.270 e. The van der Waals surface area contributed by atoms with Crippen molar-refractivity contribution in [1.82, 2.24) is 0 Å². The van der Waals surface area contributed by atoms with E-state index in [1.165, 1.54) is 9.80 Å². The molecule has 0 radical (unpaired) electrons. The highest BCUT2D eigenvalue weighted by molar-refractivity contribution is 7.81. The van der Waals surface area contributed by atoms with E-state index in [0.29, 0.717) is 22.7 Å². The van der Waals surface area contributed by atoms with Crippen LogP contribution in [0, 0.1) is 0 Å². The Morgan fingerprint density at radius 1 is 0.900 bits per heavy atom. The average molecular weight is 552 g/mol. The molecule has 0 aliphatic carbocycles. The van der Waals surface area contributed by atoms with Crippen molar-refractivity contribution in [3.05, 3.63) is 95.6 Å². The molecule has 2 aliphatic rings. The molecule has 0 saturated carbocycles. The molecule has 0 atom stereocenters. The number of para-hydroxylation sites is 2. The lowest BCUT2D eigenvalue weighted by atomic mass is 9.87. The highest BCUT2D eigenvalue weighted by Crippen LogP contribution is 2.43. The second-order valence-electron chi connectivity index (χ2n) is 10.5. The third kappa shape index (κ3) is 4.71. The zero-order valence-corrected chi connectivity index (χ0v) is 24.3. The Bertz CT molecular complexity index is 1480. The van der Waals surface area contributed by atoms with Gasteiger partial charge in [-0.05, 0) is 81.4 Å². The quantitative estimate of drug-likeness (QED) is 0.190. The molecule has 2 aliphatic heterocycles. The van der Waals surface area contributed by atoms with E-state index in [1.807, 2.05) is 48.5 Å². The minimum atomic E-state index is -0.478. The summed E-state index contributed by atoms with van der Waals surface area (Å²) in [6, 6.07) is 22.3. The maximum absolute atomic E-state index is 14.0. The highest BCUT2D eigenvalue weighted by Gasteiger charge is 2.41. The fourth-order valence-electron chi connectivity index (χ4n) is 5.54. The molecule has 0 unspecified atom stereocenters. The number of benzene rings is 3. The van der Waals surface area contributed by atoms with Gasteiger partial charge in [0.15, 0.2) is 5.11 Å². The molecule has 0 bridgehead atoms. The van der Waals surface area contributed by atoms with Crippen LogP contribution in [0.2, 0.25) is 0 Å². The summed E-state index contributed by atoms with van der Waals surface area (Å²) < 4.78 is 5.83. The molecule has 0 spiro atoms. The molecule has 2 amide bonds. The second kappa shape index (κ2) is 10.7. The number of methoxy groups -OCH3 is 1. The zero-order valence-electron chi connectivity index (χ0n) is 23.5. The number of hydrogen-bond donors (Lipinski definition) is 0. The van der Waals surface area contributed by atoms with Gasteiger partial charge in [0, 0.05) is 29.4 Å². The van der Waals surface area contributed by atoms with Crippen LogP contribution in [-0.2, 0) is 9.59 Å². The molecular weight excluding hydrogens is 518 g/mol. The second-order valence-corrected chi connectivity index (χ2v) is 10.9. The van der Waals surface area contributed by atoms with Crippen LogP contribution in [0.15, 0.2) is 84.4 Å². The molecule has 0 aromatic heterocycles. The SMILES string of the molecule is CCCN1c2cc(OC)c(C=C3C(=O)N(c4ccccc4)C(=S)N(c4ccccc4)C3=O)cc2C(C)=CC1(C)C. The van der Waals surface area contributed by atoms with Crippen molar-refractivity contribution in [2.24, 2.45) is 0 Å². The van der Waals surface area contributed by atoms with Gasteiger partial charge in [-0.2, -0.15) is 0 Å². The van der Waals surface area contributed by atoms with Gasteiger partial charge < -0.3 is 9.64 Å². The van der Waals surface area contributed by atoms with E-state index in [2.05, 4.69) is 38.7 Å². The average Bonchev–Trinajstić information content (AvgIpc) is 2.94. The Balaban J connectivity index is 1.69.